The van der Waals surface area contributed by atoms with E-state index in [1.165, 1.54) is 0 Å². The highest BCUT2D eigenvalue weighted by atomic mass is 16.5. The SMILES string of the molecule is CC[C@H]1OC(=O)[C@H](C)[C@@H](OC)[C@@H](C)C[C@@H](C)[C@H](O)/C=C/[C@H]1C. The number of carbonyl (C=O) groups excluding carboxylic acids is 1. The van der Waals surface area contributed by atoms with E-state index in [4.69, 9.17) is 9.47 Å². The summed E-state index contributed by atoms with van der Waals surface area (Å²) in [7, 11) is 1.64. The maximum Gasteiger partial charge on any atom is 0.311 e. The van der Waals surface area contributed by atoms with E-state index in [9.17, 15) is 9.90 Å². The first-order valence-corrected chi connectivity index (χ1v) is 8.41. The summed E-state index contributed by atoms with van der Waals surface area (Å²) < 4.78 is 11.3. The molecule has 1 heterocycles. The maximum absolute atomic E-state index is 12.4. The van der Waals surface area contributed by atoms with Gasteiger partial charge >= 0.3 is 5.97 Å². The molecule has 0 radical (unpaired) electrons. The molecular weight excluding hydrogens is 280 g/mol. The predicted molar refractivity (Wildman–Crippen MR) is 87.4 cm³/mol. The van der Waals surface area contributed by atoms with Crippen molar-refractivity contribution in [2.24, 2.45) is 23.7 Å². The molecule has 0 saturated carbocycles. The lowest BCUT2D eigenvalue weighted by atomic mass is 9.84. The highest BCUT2D eigenvalue weighted by Gasteiger charge is 2.33. The lowest BCUT2D eigenvalue weighted by Crippen LogP contribution is -2.38. The summed E-state index contributed by atoms with van der Waals surface area (Å²) in [6.45, 7) is 10.00. The molecule has 7 atom stereocenters. The summed E-state index contributed by atoms with van der Waals surface area (Å²) in [5.41, 5.74) is 0. The number of ether oxygens (including phenoxy) is 2. The van der Waals surface area contributed by atoms with E-state index in [1.54, 1.807) is 7.11 Å². The van der Waals surface area contributed by atoms with Gasteiger partial charge in [-0.25, -0.2) is 0 Å². The fourth-order valence-corrected chi connectivity index (χ4v) is 3.35. The standard InChI is InChI=1S/C18H32O4/c1-7-16-11(2)8-9-15(19)12(3)10-13(4)17(21-6)14(5)18(20)22-16/h8-9,11-17,19H,7,10H2,1-6H3/b9-8+/t11-,12-,13+,14-,15-,16-,17+/m1/s1. The number of rotatable bonds is 2. The molecule has 1 N–H and O–H groups in total. The Morgan fingerprint density at radius 1 is 1.23 bits per heavy atom. The molecule has 1 rings (SSSR count). The molecule has 1 aliphatic heterocycles. The van der Waals surface area contributed by atoms with Gasteiger partial charge in [-0.15, -0.1) is 0 Å². The fraction of sp³-hybridized carbons (Fsp3) is 0.833. The Labute approximate surface area is 134 Å². The van der Waals surface area contributed by atoms with Crippen molar-refractivity contribution in [3.8, 4) is 0 Å². The maximum atomic E-state index is 12.4. The quantitative estimate of drug-likeness (QED) is 0.628. The Balaban J connectivity index is 3.07. The topological polar surface area (TPSA) is 55.8 Å². The average Bonchev–Trinajstić information content (AvgIpc) is 2.48. The number of hydrogen-bond acceptors (Lipinski definition) is 4. The Bertz CT molecular complexity index is 379. The van der Waals surface area contributed by atoms with Crippen molar-refractivity contribution in [1.82, 2.24) is 0 Å². The summed E-state index contributed by atoms with van der Waals surface area (Å²) in [6.07, 6.45) is 4.51. The van der Waals surface area contributed by atoms with Crippen LogP contribution in [0.25, 0.3) is 0 Å². The van der Waals surface area contributed by atoms with Gasteiger partial charge in [0.25, 0.3) is 0 Å². The second-order valence-electron chi connectivity index (χ2n) is 6.80. The lowest BCUT2D eigenvalue weighted by Gasteiger charge is -2.32. The van der Waals surface area contributed by atoms with Gasteiger partial charge in [0.2, 0.25) is 0 Å². The Morgan fingerprint density at radius 2 is 1.86 bits per heavy atom. The van der Waals surface area contributed by atoms with Gasteiger partial charge in [-0.3, -0.25) is 4.79 Å². The normalized spacial score (nSPS) is 42.9. The molecule has 22 heavy (non-hydrogen) atoms. The first-order chi connectivity index (χ1) is 10.3. The summed E-state index contributed by atoms with van der Waals surface area (Å²) in [6, 6.07) is 0. The molecule has 0 fully saturated rings. The third-order valence-electron chi connectivity index (χ3n) is 4.89. The third kappa shape index (κ3) is 4.82. The van der Waals surface area contributed by atoms with Crippen LogP contribution in [0.5, 0.6) is 0 Å². The van der Waals surface area contributed by atoms with Gasteiger partial charge in [-0.1, -0.05) is 39.8 Å². The van der Waals surface area contributed by atoms with Gasteiger partial charge in [0.15, 0.2) is 0 Å². The number of carbonyl (C=O) groups is 1. The number of hydrogen-bond donors (Lipinski definition) is 1. The van der Waals surface area contributed by atoms with Crippen LogP contribution in [0.4, 0.5) is 0 Å². The molecule has 0 bridgehead atoms. The van der Waals surface area contributed by atoms with E-state index in [2.05, 4.69) is 6.92 Å². The first-order valence-electron chi connectivity index (χ1n) is 8.41. The van der Waals surface area contributed by atoms with Crippen LogP contribution < -0.4 is 0 Å². The smallest absolute Gasteiger partial charge is 0.311 e. The summed E-state index contributed by atoms with van der Waals surface area (Å²) in [4.78, 5) is 12.4. The molecule has 0 saturated heterocycles. The molecule has 128 valence electrons. The van der Waals surface area contributed by atoms with Crippen LogP contribution in [0.15, 0.2) is 12.2 Å². The van der Waals surface area contributed by atoms with E-state index in [1.807, 2.05) is 39.8 Å². The summed E-state index contributed by atoms with van der Waals surface area (Å²) in [5, 5.41) is 10.3. The molecule has 0 aliphatic carbocycles. The first kappa shape index (κ1) is 19.2. The minimum atomic E-state index is -0.481. The Morgan fingerprint density at radius 3 is 2.41 bits per heavy atom. The number of esters is 1. The second-order valence-corrected chi connectivity index (χ2v) is 6.80. The summed E-state index contributed by atoms with van der Waals surface area (Å²) in [5.74, 6) is -0.129. The van der Waals surface area contributed by atoms with Crippen LogP contribution in [0, 0.1) is 23.7 Å². The van der Waals surface area contributed by atoms with E-state index in [0.29, 0.717) is 0 Å². The average molecular weight is 312 g/mol. The minimum Gasteiger partial charge on any atom is -0.461 e. The van der Waals surface area contributed by atoms with Gasteiger partial charge in [-0.05, 0) is 31.6 Å². The van der Waals surface area contributed by atoms with Crippen molar-refractivity contribution in [3.05, 3.63) is 12.2 Å². The zero-order chi connectivity index (χ0) is 16.9. The summed E-state index contributed by atoms with van der Waals surface area (Å²) >= 11 is 0. The molecule has 1 aliphatic rings. The van der Waals surface area contributed by atoms with Crippen molar-refractivity contribution in [3.63, 3.8) is 0 Å². The second kappa shape index (κ2) is 8.68. The molecule has 4 heteroatoms. The fourth-order valence-electron chi connectivity index (χ4n) is 3.35. The molecule has 0 amide bonds. The van der Waals surface area contributed by atoms with E-state index in [0.717, 1.165) is 12.8 Å². The van der Waals surface area contributed by atoms with Crippen LogP contribution in [0.2, 0.25) is 0 Å². The van der Waals surface area contributed by atoms with Crippen LogP contribution >= 0.6 is 0 Å². The van der Waals surface area contributed by atoms with E-state index < -0.39 is 6.10 Å². The van der Waals surface area contributed by atoms with Gasteiger partial charge in [0.1, 0.15) is 6.10 Å². The number of cyclic esters (lactones) is 1. The predicted octanol–water partition coefficient (Wildman–Crippen LogP) is 3.19. The van der Waals surface area contributed by atoms with Gasteiger partial charge in [0.05, 0.1) is 18.1 Å². The zero-order valence-corrected chi connectivity index (χ0v) is 14.8. The Kier molecular flexibility index (Phi) is 7.57. The van der Waals surface area contributed by atoms with Crippen LogP contribution in [0.1, 0.15) is 47.5 Å². The molecule has 0 aromatic heterocycles. The monoisotopic (exact) mass is 312 g/mol. The Hall–Kier alpha value is -0.870. The van der Waals surface area contributed by atoms with E-state index in [-0.39, 0.29) is 41.8 Å². The largest absolute Gasteiger partial charge is 0.461 e. The lowest BCUT2D eigenvalue weighted by molar-refractivity contribution is -0.162. The van der Waals surface area contributed by atoms with Crippen molar-refractivity contribution in [1.29, 1.82) is 0 Å². The van der Waals surface area contributed by atoms with Gasteiger partial charge < -0.3 is 14.6 Å². The van der Waals surface area contributed by atoms with E-state index >= 15 is 0 Å². The molecular formula is C18H32O4. The van der Waals surface area contributed by atoms with Crippen molar-refractivity contribution >= 4 is 5.97 Å². The molecule has 4 nitrogen and oxygen atoms in total. The number of methoxy groups -OCH3 is 1. The highest BCUT2D eigenvalue weighted by molar-refractivity contribution is 5.73. The van der Waals surface area contributed by atoms with Crippen LogP contribution in [-0.2, 0) is 14.3 Å². The molecule has 0 aromatic rings. The van der Waals surface area contributed by atoms with Crippen molar-refractivity contribution < 1.29 is 19.4 Å². The third-order valence-corrected chi connectivity index (χ3v) is 4.89. The van der Waals surface area contributed by atoms with Gasteiger partial charge in [-0.2, -0.15) is 0 Å². The number of aliphatic hydroxyl groups is 1. The zero-order valence-electron chi connectivity index (χ0n) is 14.8. The minimum absolute atomic E-state index is 0.0841. The van der Waals surface area contributed by atoms with Crippen molar-refractivity contribution in [2.45, 2.75) is 65.8 Å². The molecule has 0 aromatic carbocycles. The van der Waals surface area contributed by atoms with Crippen LogP contribution in [0.3, 0.4) is 0 Å². The van der Waals surface area contributed by atoms with Crippen molar-refractivity contribution in [2.75, 3.05) is 7.11 Å². The highest BCUT2D eigenvalue weighted by Crippen LogP contribution is 2.28. The molecule has 0 unspecified atom stereocenters. The van der Waals surface area contributed by atoms with Crippen LogP contribution in [-0.4, -0.2) is 36.5 Å². The number of aliphatic hydroxyl groups excluding tert-OH is 1. The van der Waals surface area contributed by atoms with Gasteiger partial charge in [0, 0.05) is 13.0 Å². The molecule has 0 spiro atoms.